The molecule has 0 unspecified atom stereocenters. The number of hydrogen-bond donors (Lipinski definition) is 0. The maximum Gasteiger partial charge on any atom is 0.389 e. The normalized spacial score (nSPS) is 12.0. The summed E-state index contributed by atoms with van der Waals surface area (Å²) in [5, 5.41) is 0. The lowest BCUT2D eigenvalue weighted by Gasteiger charge is -2.10. The van der Waals surface area contributed by atoms with Gasteiger partial charge in [-0.05, 0) is 25.5 Å². The number of benzene rings is 1. The fourth-order valence-corrected chi connectivity index (χ4v) is 2.43. The highest BCUT2D eigenvalue weighted by Crippen LogP contribution is 2.28. The molecule has 0 amide bonds. The number of ether oxygens (including phenoxy) is 1. The van der Waals surface area contributed by atoms with Crippen molar-refractivity contribution >= 4 is 22.6 Å². The van der Waals surface area contributed by atoms with Crippen LogP contribution in [-0.2, 0) is 12.4 Å². The van der Waals surface area contributed by atoms with Crippen molar-refractivity contribution in [1.29, 1.82) is 0 Å². The first kappa shape index (κ1) is 15.9. The van der Waals surface area contributed by atoms with E-state index in [0.29, 0.717) is 23.7 Å². The van der Waals surface area contributed by atoms with E-state index < -0.39 is 12.6 Å². The van der Waals surface area contributed by atoms with E-state index in [0.717, 1.165) is 5.52 Å². The van der Waals surface area contributed by atoms with Gasteiger partial charge in [-0.3, -0.25) is 0 Å². The lowest BCUT2D eigenvalue weighted by Crippen LogP contribution is -2.10. The van der Waals surface area contributed by atoms with Crippen LogP contribution in [0.5, 0.6) is 5.75 Å². The van der Waals surface area contributed by atoms with Gasteiger partial charge in [-0.25, -0.2) is 4.98 Å². The molecule has 0 aliphatic carbocycles. The average Bonchev–Trinajstić information content (AvgIpc) is 2.77. The van der Waals surface area contributed by atoms with Gasteiger partial charge in [0.1, 0.15) is 17.1 Å². The van der Waals surface area contributed by atoms with Gasteiger partial charge in [0.25, 0.3) is 0 Å². The molecule has 0 aliphatic heterocycles. The highest BCUT2D eigenvalue weighted by Gasteiger charge is 2.26. The Morgan fingerprint density at radius 1 is 1.33 bits per heavy atom. The Hall–Kier alpha value is -1.43. The molecule has 0 fully saturated rings. The molecule has 0 N–H and O–H groups in total. The summed E-state index contributed by atoms with van der Waals surface area (Å²) in [4.78, 5) is 4.39. The zero-order valence-electron chi connectivity index (χ0n) is 11.6. The molecule has 2 rings (SSSR count). The number of aryl methyl sites for hydroxylation is 1. The number of para-hydroxylation sites is 1. The number of fused-ring (bicyclic) bond motifs is 1. The molecule has 116 valence electrons. The van der Waals surface area contributed by atoms with Crippen LogP contribution in [0.4, 0.5) is 13.2 Å². The second-order valence-corrected chi connectivity index (χ2v) is 4.86. The Bertz CT molecular complexity index is 610. The van der Waals surface area contributed by atoms with E-state index in [-0.39, 0.29) is 18.8 Å². The maximum absolute atomic E-state index is 12.3. The third-order valence-electron chi connectivity index (χ3n) is 3.08. The summed E-state index contributed by atoms with van der Waals surface area (Å²) in [6.45, 7) is 2.59. The van der Waals surface area contributed by atoms with Gasteiger partial charge in [-0.15, -0.1) is 11.6 Å². The second kappa shape index (κ2) is 6.56. The average molecular weight is 321 g/mol. The van der Waals surface area contributed by atoms with E-state index in [9.17, 15) is 13.2 Å². The van der Waals surface area contributed by atoms with E-state index in [1.165, 1.54) is 0 Å². The molecule has 0 spiro atoms. The lowest BCUT2D eigenvalue weighted by molar-refractivity contribution is -0.135. The van der Waals surface area contributed by atoms with Crippen molar-refractivity contribution in [3.63, 3.8) is 0 Å². The highest BCUT2D eigenvalue weighted by atomic mass is 35.5. The van der Waals surface area contributed by atoms with E-state index in [1.54, 1.807) is 16.7 Å². The molecular formula is C14H16ClF3N2O. The molecule has 0 bridgehead atoms. The number of hydrogen-bond acceptors (Lipinski definition) is 2. The molecule has 7 heteroatoms. The lowest BCUT2D eigenvalue weighted by atomic mass is 10.2. The monoisotopic (exact) mass is 320 g/mol. The SMILES string of the molecule is CCOc1cccc2c1nc(CCl)n2CCCC(F)(F)F. The van der Waals surface area contributed by atoms with Crippen LogP contribution in [-0.4, -0.2) is 22.3 Å². The molecule has 3 nitrogen and oxygen atoms in total. The van der Waals surface area contributed by atoms with E-state index in [4.69, 9.17) is 16.3 Å². The fourth-order valence-electron chi connectivity index (χ4n) is 2.23. The van der Waals surface area contributed by atoms with Gasteiger partial charge in [0.05, 0.1) is 18.0 Å². The van der Waals surface area contributed by atoms with Crippen LogP contribution in [0.2, 0.25) is 0 Å². The van der Waals surface area contributed by atoms with E-state index in [2.05, 4.69) is 4.98 Å². The topological polar surface area (TPSA) is 27.1 Å². The van der Waals surface area contributed by atoms with Crippen molar-refractivity contribution in [1.82, 2.24) is 9.55 Å². The van der Waals surface area contributed by atoms with Crippen LogP contribution in [0.1, 0.15) is 25.6 Å². The Morgan fingerprint density at radius 3 is 2.71 bits per heavy atom. The summed E-state index contributed by atoms with van der Waals surface area (Å²) >= 11 is 5.86. The minimum Gasteiger partial charge on any atom is -0.492 e. The number of halogens is 4. The summed E-state index contributed by atoms with van der Waals surface area (Å²) in [6.07, 6.45) is -4.97. The minimum absolute atomic E-state index is 0.00227. The van der Waals surface area contributed by atoms with E-state index in [1.807, 2.05) is 13.0 Å². The highest BCUT2D eigenvalue weighted by molar-refractivity contribution is 6.16. The maximum atomic E-state index is 12.3. The zero-order valence-corrected chi connectivity index (χ0v) is 12.3. The first-order chi connectivity index (χ1) is 9.96. The van der Waals surface area contributed by atoms with Gasteiger partial charge in [-0.1, -0.05) is 6.07 Å². The van der Waals surface area contributed by atoms with Gasteiger partial charge >= 0.3 is 6.18 Å². The molecule has 0 aliphatic rings. The fraction of sp³-hybridized carbons (Fsp3) is 0.500. The Morgan fingerprint density at radius 2 is 2.10 bits per heavy atom. The van der Waals surface area contributed by atoms with Gasteiger partial charge in [0, 0.05) is 13.0 Å². The van der Waals surface area contributed by atoms with Gasteiger partial charge in [0.15, 0.2) is 0 Å². The number of rotatable bonds is 6. The molecule has 21 heavy (non-hydrogen) atoms. The number of alkyl halides is 4. The Labute approximate surface area is 125 Å². The van der Waals surface area contributed by atoms with Gasteiger partial charge in [-0.2, -0.15) is 13.2 Å². The molecule has 1 aromatic heterocycles. The Balaban J connectivity index is 2.31. The van der Waals surface area contributed by atoms with Crippen molar-refractivity contribution in [3.8, 4) is 5.75 Å². The van der Waals surface area contributed by atoms with Crippen LogP contribution < -0.4 is 4.74 Å². The summed E-state index contributed by atoms with van der Waals surface area (Å²) < 4.78 is 44.0. The molecule has 1 heterocycles. The number of aromatic nitrogens is 2. The summed E-state index contributed by atoms with van der Waals surface area (Å²) in [5.74, 6) is 1.32. The van der Waals surface area contributed by atoms with Crippen LogP contribution in [0.3, 0.4) is 0 Å². The van der Waals surface area contributed by atoms with Crippen LogP contribution in [0.15, 0.2) is 18.2 Å². The molecule has 2 aromatic rings. The van der Waals surface area contributed by atoms with E-state index >= 15 is 0 Å². The van der Waals surface area contributed by atoms with Crippen molar-refractivity contribution in [3.05, 3.63) is 24.0 Å². The molecular weight excluding hydrogens is 305 g/mol. The third kappa shape index (κ3) is 3.81. The van der Waals surface area contributed by atoms with Crippen LogP contribution >= 0.6 is 11.6 Å². The Kier molecular flexibility index (Phi) is 4.98. The first-order valence-corrected chi connectivity index (χ1v) is 7.23. The predicted molar refractivity (Wildman–Crippen MR) is 75.7 cm³/mol. The third-order valence-corrected chi connectivity index (χ3v) is 3.32. The summed E-state index contributed by atoms with van der Waals surface area (Å²) in [6, 6.07) is 5.40. The number of nitrogens with zero attached hydrogens (tertiary/aromatic N) is 2. The van der Waals surface area contributed by atoms with Crippen molar-refractivity contribution < 1.29 is 17.9 Å². The van der Waals surface area contributed by atoms with Crippen LogP contribution in [0.25, 0.3) is 11.0 Å². The van der Waals surface area contributed by atoms with Gasteiger partial charge in [0.2, 0.25) is 0 Å². The standard InChI is InChI=1S/C14H16ClF3N2O/c1-2-21-11-6-3-5-10-13(11)19-12(9-15)20(10)8-4-7-14(16,17)18/h3,5-6H,2,4,7-9H2,1H3. The largest absolute Gasteiger partial charge is 0.492 e. The number of imidazole rings is 1. The molecule has 0 saturated heterocycles. The van der Waals surface area contributed by atoms with Crippen molar-refractivity contribution in [2.45, 2.75) is 38.4 Å². The summed E-state index contributed by atoms with van der Waals surface area (Å²) in [7, 11) is 0. The molecule has 0 saturated carbocycles. The molecule has 0 radical (unpaired) electrons. The predicted octanol–water partition coefficient (Wildman–Crippen LogP) is 4.52. The first-order valence-electron chi connectivity index (χ1n) is 6.70. The molecule has 0 atom stereocenters. The molecule has 1 aromatic carbocycles. The van der Waals surface area contributed by atoms with Crippen molar-refractivity contribution in [2.75, 3.05) is 6.61 Å². The minimum atomic E-state index is -4.14. The second-order valence-electron chi connectivity index (χ2n) is 4.59. The zero-order chi connectivity index (χ0) is 15.5. The summed E-state index contributed by atoms with van der Waals surface area (Å²) in [5.41, 5.74) is 1.39. The smallest absolute Gasteiger partial charge is 0.389 e. The quantitative estimate of drug-likeness (QED) is 0.732. The van der Waals surface area contributed by atoms with Gasteiger partial charge < -0.3 is 9.30 Å². The van der Waals surface area contributed by atoms with Crippen molar-refractivity contribution in [2.24, 2.45) is 0 Å². The van der Waals surface area contributed by atoms with Crippen LogP contribution in [0, 0.1) is 0 Å².